The van der Waals surface area contributed by atoms with Gasteiger partial charge in [0, 0.05) is 37.4 Å². The lowest BCUT2D eigenvalue weighted by Gasteiger charge is -2.46. The van der Waals surface area contributed by atoms with E-state index in [9.17, 15) is 0 Å². The van der Waals surface area contributed by atoms with Gasteiger partial charge in [-0.2, -0.15) is 0 Å². The van der Waals surface area contributed by atoms with Gasteiger partial charge in [-0.25, -0.2) is 0 Å². The highest BCUT2D eigenvalue weighted by Crippen LogP contribution is 2.22. The highest BCUT2D eigenvalue weighted by molar-refractivity contribution is 5.05. The molecule has 1 N–H and O–H groups in total. The Labute approximate surface area is 117 Å². The molecule has 3 heteroatoms. The monoisotopic (exact) mass is 261 g/mol. The third-order valence-electron chi connectivity index (χ3n) is 4.33. The normalized spacial score (nSPS) is 28.5. The van der Waals surface area contributed by atoms with Gasteiger partial charge in [-0.15, -0.1) is 0 Å². The average molecular weight is 261 g/mol. The van der Waals surface area contributed by atoms with Gasteiger partial charge < -0.3 is 5.32 Å². The third kappa shape index (κ3) is 3.77. The van der Waals surface area contributed by atoms with Crippen LogP contribution < -0.4 is 5.32 Å². The Hall–Kier alpha value is -0.930. The van der Waals surface area contributed by atoms with Crippen molar-refractivity contribution in [1.82, 2.24) is 15.2 Å². The lowest BCUT2D eigenvalue weighted by Crippen LogP contribution is -2.62. The molecule has 0 spiro atoms. The molecule has 0 saturated carbocycles. The SMILES string of the molecule is CCCC1CNC(C)(CC)CN1Cc1ccccn1. The molecule has 1 fully saturated rings. The number of piperazine rings is 1. The summed E-state index contributed by atoms with van der Waals surface area (Å²) >= 11 is 0. The summed E-state index contributed by atoms with van der Waals surface area (Å²) < 4.78 is 0. The molecule has 106 valence electrons. The molecule has 19 heavy (non-hydrogen) atoms. The molecule has 2 atom stereocenters. The number of nitrogens with one attached hydrogen (secondary N) is 1. The van der Waals surface area contributed by atoms with Crippen LogP contribution in [0, 0.1) is 0 Å². The molecule has 1 aliphatic rings. The molecule has 0 bridgehead atoms. The van der Waals surface area contributed by atoms with E-state index in [4.69, 9.17) is 0 Å². The van der Waals surface area contributed by atoms with Crippen LogP contribution in [0.15, 0.2) is 24.4 Å². The van der Waals surface area contributed by atoms with Gasteiger partial charge in [0.05, 0.1) is 5.69 Å². The first-order valence-electron chi connectivity index (χ1n) is 7.56. The third-order valence-corrected chi connectivity index (χ3v) is 4.33. The maximum absolute atomic E-state index is 4.48. The number of hydrogen-bond donors (Lipinski definition) is 1. The zero-order valence-electron chi connectivity index (χ0n) is 12.5. The van der Waals surface area contributed by atoms with Crippen molar-refractivity contribution in [3.8, 4) is 0 Å². The van der Waals surface area contributed by atoms with Gasteiger partial charge >= 0.3 is 0 Å². The standard InChI is InChI=1S/C16H27N3/c1-4-8-15-11-18-16(3,5-2)13-19(15)12-14-9-6-7-10-17-14/h6-7,9-10,15,18H,4-5,8,11-13H2,1-3H3. The van der Waals surface area contributed by atoms with Crippen LogP contribution in [0.4, 0.5) is 0 Å². The van der Waals surface area contributed by atoms with E-state index in [1.165, 1.54) is 25.0 Å². The molecule has 1 saturated heterocycles. The summed E-state index contributed by atoms with van der Waals surface area (Å²) in [5.74, 6) is 0. The molecule has 0 aliphatic carbocycles. The molecular weight excluding hydrogens is 234 g/mol. The van der Waals surface area contributed by atoms with Crippen molar-refractivity contribution in [2.24, 2.45) is 0 Å². The number of hydrogen-bond acceptors (Lipinski definition) is 3. The van der Waals surface area contributed by atoms with Crippen molar-refractivity contribution in [2.75, 3.05) is 13.1 Å². The second-order valence-electron chi connectivity index (χ2n) is 5.96. The molecule has 1 aliphatic heterocycles. The zero-order chi connectivity index (χ0) is 13.7. The van der Waals surface area contributed by atoms with E-state index in [2.05, 4.69) is 48.1 Å². The fourth-order valence-electron chi connectivity index (χ4n) is 2.87. The number of aromatic nitrogens is 1. The molecular formula is C16H27N3. The van der Waals surface area contributed by atoms with E-state index in [1.54, 1.807) is 0 Å². The predicted octanol–water partition coefficient (Wildman–Crippen LogP) is 2.82. The van der Waals surface area contributed by atoms with Crippen LogP contribution in [0.1, 0.15) is 45.7 Å². The summed E-state index contributed by atoms with van der Waals surface area (Å²) in [4.78, 5) is 7.10. The van der Waals surface area contributed by atoms with E-state index in [-0.39, 0.29) is 5.54 Å². The Balaban J connectivity index is 2.07. The van der Waals surface area contributed by atoms with E-state index >= 15 is 0 Å². The van der Waals surface area contributed by atoms with E-state index in [0.29, 0.717) is 6.04 Å². The molecule has 2 heterocycles. The van der Waals surface area contributed by atoms with Crippen molar-refractivity contribution in [3.63, 3.8) is 0 Å². The summed E-state index contributed by atoms with van der Waals surface area (Å²) in [6.45, 7) is 10.1. The Kier molecular flexibility index (Phi) is 4.94. The quantitative estimate of drug-likeness (QED) is 0.883. The lowest BCUT2D eigenvalue weighted by atomic mass is 9.92. The summed E-state index contributed by atoms with van der Waals surface area (Å²) in [6.07, 6.45) is 5.57. The van der Waals surface area contributed by atoms with Crippen LogP contribution in [0.25, 0.3) is 0 Å². The van der Waals surface area contributed by atoms with Gasteiger partial charge in [-0.3, -0.25) is 9.88 Å². The fourth-order valence-corrected chi connectivity index (χ4v) is 2.87. The summed E-state index contributed by atoms with van der Waals surface area (Å²) in [5, 5.41) is 3.73. The summed E-state index contributed by atoms with van der Waals surface area (Å²) in [6, 6.07) is 6.85. The Morgan fingerprint density at radius 3 is 2.89 bits per heavy atom. The van der Waals surface area contributed by atoms with Gasteiger partial charge in [0.1, 0.15) is 0 Å². The van der Waals surface area contributed by atoms with Gasteiger partial charge in [0.25, 0.3) is 0 Å². The minimum Gasteiger partial charge on any atom is -0.309 e. The molecule has 0 aromatic carbocycles. The first-order valence-corrected chi connectivity index (χ1v) is 7.56. The van der Waals surface area contributed by atoms with Gasteiger partial charge in [-0.1, -0.05) is 26.3 Å². The van der Waals surface area contributed by atoms with Crippen molar-refractivity contribution in [3.05, 3.63) is 30.1 Å². The topological polar surface area (TPSA) is 28.2 Å². The van der Waals surface area contributed by atoms with Gasteiger partial charge in [0.2, 0.25) is 0 Å². The van der Waals surface area contributed by atoms with Crippen molar-refractivity contribution >= 4 is 0 Å². The van der Waals surface area contributed by atoms with Crippen LogP contribution in [-0.2, 0) is 6.54 Å². The molecule has 0 amide bonds. The lowest BCUT2D eigenvalue weighted by molar-refractivity contribution is 0.0715. The highest BCUT2D eigenvalue weighted by Gasteiger charge is 2.33. The van der Waals surface area contributed by atoms with Crippen molar-refractivity contribution in [2.45, 2.75) is 58.2 Å². The van der Waals surface area contributed by atoms with Gasteiger partial charge in [0.15, 0.2) is 0 Å². The largest absolute Gasteiger partial charge is 0.309 e. The van der Waals surface area contributed by atoms with E-state index in [1.807, 2.05) is 12.3 Å². The van der Waals surface area contributed by atoms with Crippen molar-refractivity contribution in [1.29, 1.82) is 0 Å². The summed E-state index contributed by atoms with van der Waals surface area (Å²) in [5.41, 5.74) is 1.43. The maximum atomic E-state index is 4.48. The summed E-state index contributed by atoms with van der Waals surface area (Å²) in [7, 11) is 0. The Bertz CT molecular complexity index is 379. The minimum atomic E-state index is 0.249. The smallest absolute Gasteiger partial charge is 0.0544 e. The Morgan fingerprint density at radius 1 is 1.42 bits per heavy atom. The van der Waals surface area contributed by atoms with E-state index < -0.39 is 0 Å². The Morgan fingerprint density at radius 2 is 2.26 bits per heavy atom. The number of rotatable bonds is 5. The first kappa shape index (κ1) is 14.5. The van der Waals surface area contributed by atoms with Crippen molar-refractivity contribution < 1.29 is 0 Å². The second-order valence-corrected chi connectivity index (χ2v) is 5.96. The highest BCUT2D eigenvalue weighted by atomic mass is 15.3. The fraction of sp³-hybridized carbons (Fsp3) is 0.688. The second kappa shape index (κ2) is 6.49. The maximum Gasteiger partial charge on any atom is 0.0544 e. The molecule has 1 aromatic heterocycles. The van der Waals surface area contributed by atoms with Crippen LogP contribution in [-0.4, -0.2) is 34.6 Å². The van der Waals surface area contributed by atoms with Crippen LogP contribution in [0.5, 0.6) is 0 Å². The van der Waals surface area contributed by atoms with E-state index in [0.717, 1.165) is 19.6 Å². The molecule has 2 unspecified atom stereocenters. The molecule has 2 rings (SSSR count). The van der Waals surface area contributed by atoms with Crippen LogP contribution in [0.3, 0.4) is 0 Å². The zero-order valence-corrected chi connectivity index (χ0v) is 12.5. The molecule has 1 aromatic rings. The van der Waals surface area contributed by atoms with Gasteiger partial charge in [-0.05, 0) is 31.9 Å². The number of nitrogens with zero attached hydrogens (tertiary/aromatic N) is 2. The molecule has 3 nitrogen and oxygen atoms in total. The van der Waals surface area contributed by atoms with Crippen LogP contribution >= 0.6 is 0 Å². The minimum absolute atomic E-state index is 0.249. The predicted molar refractivity (Wildman–Crippen MR) is 80.0 cm³/mol. The number of pyridine rings is 1. The first-order chi connectivity index (χ1) is 9.17. The average Bonchev–Trinajstić information content (AvgIpc) is 2.43. The van der Waals surface area contributed by atoms with Crippen LogP contribution in [0.2, 0.25) is 0 Å². The molecule has 0 radical (unpaired) electrons.